The number of rotatable bonds is 11. The Balaban J connectivity index is 1.38. The van der Waals surface area contributed by atoms with Gasteiger partial charge in [0.1, 0.15) is 22.1 Å². The zero-order chi connectivity index (χ0) is 31.0. The van der Waals surface area contributed by atoms with Crippen molar-refractivity contribution in [1.82, 2.24) is 30.0 Å². The number of nitro groups is 1. The molecule has 5 rings (SSSR count). The molecule has 1 saturated heterocycles. The van der Waals surface area contributed by atoms with Gasteiger partial charge in [-0.1, -0.05) is 23.9 Å². The van der Waals surface area contributed by atoms with Crippen molar-refractivity contribution in [2.24, 2.45) is 0 Å². The monoisotopic (exact) mass is 631 g/mol. The molecule has 2 amide bonds. The van der Waals surface area contributed by atoms with Gasteiger partial charge >= 0.3 is 17.6 Å². The fourth-order valence-corrected chi connectivity index (χ4v) is 7.30. The van der Waals surface area contributed by atoms with Gasteiger partial charge in [0.2, 0.25) is 0 Å². The number of hydrogen-bond acceptors (Lipinski definition) is 12. The highest BCUT2D eigenvalue weighted by atomic mass is 32.2. The van der Waals surface area contributed by atoms with E-state index >= 15 is 0 Å². The van der Waals surface area contributed by atoms with Gasteiger partial charge in [-0.15, -0.1) is 11.8 Å². The lowest BCUT2D eigenvalue weighted by atomic mass is 9.99. The third kappa shape index (κ3) is 5.81. The van der Waals surface area contributed by atoms with Crippen LogP contribution in [0, 0.1) is 10.1 Å². The average molecular weight is 632 g/mol. The predicted molar refractivity (Wildman–Crippen MR) is 148 cm³/mol. The molecule has 1 fully saturated rings. The number of hydrogen-bond donors (Lipinski definition) is 5. The van der Waals surface area contributed by atoms with Gasteiger partial charge in [-0.3, -0.25) is 29.4 Å². The lowest BCUT2D eigenvalue weighted by Crippen LogP contribution is -2.71. The highest BCUT2D eigenvalue weighted by molar-refractivity contribution is 8.01. The molecule has 0 spiro atoms. The van der Waals surface area contributed by atoms with E-state index in [0.717, 1.165) is 39.0 Å². The highest BCUT2D eigenvalue weighted by Crippen LogP contribution is 2.44. The molecule has 4 heterocycles. The number of aliphatic hydroxyl groups is 1. The number of H-pyrrole nitrogens is 1. The van der Waals surface area contributed by atoms with Gasteiger partial charge in [0.25, 0.3) is 17.5 Å². The Labute approximate surface area is 248 Å². The normalized spacial score (nSPS) is 19.4. The molecule has 2 unspecified atom stereocenters. The molecule has 0 aliphatic carbocycles. The Bertz CT molecular complexity index is 1760. The molecule has 1 aromatic carbocycles. The van der Waals surface area contributed by atoms with Crippen molar-refractivity contribution in [1.29, 1.82) is 0 Å². The summed E-state index contributed by atoms with van der Waals surface area (Å²) in [4.78, 5) is 73.1. The van der Waals surface area contributed by atoms with E-state index in [2.05, 4.69) is 20.6 Å². The number of carbonyl (C=O) groups excluding carboxylic acids is 2. The second kappa shape index (κ2) is 11.9. The van der Waals surface area contributed by atoms with Crippen LogP contribution in [0.3, 0.4) is 0 Å². The number of nitro benzene ring substituents is 1. The van der Waals surface area contributed by atoms with Gasteiger partial charge in [0.15, 0.2) is 11.8 Å². The zero-order valence-corrected chi connectivity index (χ0v) is 23.3. The minimum Gasteiger partial charge on any atom is -0.481 e. The predicted octanol–water partition coefficient (Wildman–Crippen LogP) is 0.124. The van der Waals surface area contributed by atoms with Crippen molar-refractivity contribution in [3.63, 3.8) is 0 Å². The van der Waals surface area contributed by atoms with Crippen LogP contribution in [0.4, 0.5) is 5.69 Å². The molecule has 17 nitrogen and oxygen atoms in total. The van der Waals surface area contributed by atoms with Gasteiger partial charge < -0.3 is 20.6 Å². The van der Waals surface area contributed by atoms with E-state index in [1.165, 1.54) is 24.3 Å². The first-order valence-electron chi connectivity index (χ1n) is 12.4. The summed E-state index contributed by atoms with van der Waals surface area (Å²) in [5.74, 6) is -4.27. The Hall–Kier alpha value is -4.75. The number of aliphatic carboxylic acids is 2. The Morgan fingerprint density at radius 3 is 2.70 bits per heavy atom. The second-order valence-electron chi connectivity index (χ2n) is 9.34. The molecule has 2 aromatic heterocycles. The SMILES string of the molecule is O=C(O)CCC(Sc1ccc2n[nH]c(=O)n2n1)C1=C(C(=O)O)N2C(=O)C(NC(=O)[C@H](O)c3cccc([N+](=O)[O-])c3)[C@H]2SC1. The van der Waals surface area contributed by atoms with E-state index in [1.54, 1.807) is 6.07 Å². The number of fused-ring (bicyclic) bond motifs is 2. The molecule has 3 aromatic rings. The number of aromatic amines is 1. The molecule has 0 bridgehead atoms. The first kappa shape index (κ1) is 29.7. The number of carboxylic acids is 2. The number of β-lactam (4-membered cyclic amide) rings is 1. The summed E-state index contributed by atoms with van der Waals surface area (Å²) < 4.78 is 1.00. The number of benzene rings is 1. The van der Waals surface area contributed by atoms with E-state index in [-0.39, 0.29) is 51.8 Å². The van der Waals surface area contributed by atoms with Crippen LogP contribution in [0.1, 0.15) is 24.5 Å². The third-order valence-corrected chi connectivity index (χ3v) is 9.23. The number of thioether (sulfide) groups is 2. The van der Waals surface area contributed by atoms with Crippen LogP contribution in [0.25, 0.3) is 5.65 Å². The molecule has 5 N–H and O–H groups in total. The highest BCUT2D eigenvalue weighted by Gasteiger charge is 2.55. The number of aliphatic hydroxyl groups excluding tert-OH is 1. The second-order valence-corrected chi connectivity index (χ2v) is 11.7. The molecule has 4 atom stereocenters. The van der Waals surface area contributed by atoms with Crippen molar-refractivity contribution in [2.75, 3.05) is 5.75 Å². The minimum atomic E-state index is -1.83. The van der Waals surface area contributed by atoms with Crippen molar-refractivity contribution < 1.29 is 39.4 Å². The number of nitrogens with zero attached hydrogens (tertiary/aromatic N) is 5. The maximum atomic E-state index is 13.2. The first-order valence-corrected chi connectivity index (χ1v) is 14.4. The number of carboxylic acid groups (broad SMARTS) is 2. The van der Waals surface area contributed by atoms with Crippen LogP contribution < -0.4 is 11.0 Å². The van der Waals surface area contributed by atoms with Crippen LogP contribution in [0.2, 0.25) is 0 Å². The molecule has 19 heteroatoms. The standard InChI is InChI=1S/C24H21N7O10S2/c32-16(33)7-4-13(43-15-6-5-14-26-27-24(39)30(14)28-15)12-9-42-22-17(21(36)29(22)18(12)23(37)38)25-20(35)19(34)10-2-1-3-11(8-10)31(40)41/h1-3,5-6,8,13,17,19,22,34H,4,7,9H2,(H,25,35)(H,27,39)(H,32,33)(H,37,38)/t13?,17?,19-,22-/m1/s1. The number of aromatic nitrogens is 4. The Kier molecular flexibility index (Phi) is 8.20. The van der Waals surface area contributed by atoms with E-state index in [1.807, 2.05) is 0 Å². The smallest absolute Gasteiger partial charge is 0.364 e. The Morgan fingerprint density at radius 2 is 2.00 bits per heavy atom. The van der Waals surface area contributed by atoms with Crippen molar-refractivity contribution >= 4 is 58.6 Å². The lowest BCUT2D eigenvalue weighted by Gasteiger charge is -2.50. The lowest BCUT2D eigenvalue weighted by molar-refractivity contribution is -0.385. The van der Waals surface area contributed by atoms with Crippen molar-refractivity contribution in [3.05, 3.63) is 73.8 Å². The third-order valence-electron chi connectivity index (χ3n) is 6.66. The van der Waals surface area contributed by atoms with Gasteiger partial charge in [-0.05, 0) is 29.7 Å². The molecular weight excluding hydrogens is 610 g/mol. The van der Waals surface area contributed by atoms with Crippen molar-refractivity contribution in [2.45, 2.75) is 40.6 Å². The topological polar surface area (TPSA) is 250 Å². The molecular formula is C24H21N7O10S2. The number of carbonyl (C=O) groups is 4. The van der Waals surface area contributed by atoms with Crippen LogP contribution in [0.15, 0.2) is 57.5 Å². The molecule has 2 aliphatic heterocycles. The van der Waals surface area contributed by atoms with Crippen LogP contribution in [0.5, 0.6) is 0 Å². The maximum absolute atomic E-state index is 13.2. The zero-order valence-electron chi connectivity index (χ0n) is 21.6. The first-order chi connectivity index (χ1) is 20.5. The fraction of sp³-hybridized carbons (Fsp3) is 0.292. The maximum Gasteiger partial charge on any atom is 0.364 e. The largest absolute Gasteiger partial charge is 0.481 e. The van der Waals surface area contributed by atoms with Crippen molar-refractivity contribution in [3.8, 4) is 0 Å². The Morgan fingerprint density at radius 1 is 1.23 bits per heavy atom. The average Bonchev–Trinajstić information content (AvgIpc) is 3.36. The van der Waals surface area contributed by atoms with E-state index in [4.69, 9.17) is 0 Å². The quantitative estimate of drug-likeness (QED) is 0.0816. The van der Waals surface area contributed by atoms with Gasteiger partial charge in [0.05, 0.1) is 4.92 Å². The van der Waals surface area contributed by atoms with E-state index in [0.29, 0.717) is 0 Å². The van der Waals surface area contributed by atoms with Crippen LogP contribution in [-0.4, -0.2) is 91.1 Å². The number of non-ortho nitro benzene ring substituents is 1. The molecule has 224 valence electrons. The summed E-state index contributed by atoms with van der Waals surface area (Å²) in [6.07, 6.45) is -2.17. The van der Waals surface area contributed by atoms with Gasteiger partial charge in [0, 0.05) is 29.6 Å². The summed E-state index contributed by atoms with van der Waals surface area (Å²) >= 11 is 2.17. The molecule has 43 heavy (non-hydrogen) atoms. The summed E-state index contributed by atoms with van der Waals surface area (Å²) in [5.41, 5.74) is -0.866. The van der Waals surface area contributed by atoms with Crippen LogP contribution in [-0.2, 0) is 19.2 Å². The van der Waals surface area contributed by atoms with E-state index < -0.39 is 57.1 Å². The van der Waals surface area contributed by atoms with Crippen LogP contribution >= 0.6 is 23.5 Å². The summed E-state index contributed by atoms with van der Waals surface area (Å²) in [6.45, 7) is 0. The fourth-order valence-electron chi connectivity index (χ4n) is 4.64. The van der Waals surface area contributed by atoms with Gasteiger partial charge in [-0.25, -0.2) is 14.7 Å². The minimum absolute atomic E-state index is 0.0189. The molecule has 0 saturated carbocycles. The molecule has 0 radical (unpaired) electrons. The summed E-state index contributed by atoms with van der Waals surface area (Å²) in [6, 6.07) is 6.67. The summed E-state index contributed by atoms with van der Waals surface area (Å²) in [5, 5.41) is 52.2. The summed E-state index contributed by atoms with van der Waals surface area (Å²) in [7, 11) is 0. The van der Waals surface area contributed by atoms with Gasteiger partial charge in [-0.2, -0.15) is 14.7 Å². The van der Waals surface area contributed by atoms with E-state index in [9.17, 15) is 49.4 Å². The number of nitrogens with one attached hydrogen (secondary N) is 2. The number of amides is 2. The molecule has 2 aliphatic rings.